The summed E-state index contributed by atoms with van der Waals surface area (Å²) in [7, 11) is 2.18. The number of para-hydroxylation sites is 1. The highest BCUT2D eigenvalue weighted by molar-refractivity contribution is 5.87. The lowest BCUT2D eigenvalue weighted by atomic mass is 10.2. The van der Waals surface area contributed by atoms with E-state index < -0.39 is 0 Å². The average Bonchev–Trinajstić information content (AvgIpc) is 3.09. The molecular weight excluding hydrogens is 326 g/mol. The minimum Gasteiger partial charge on any atom is -0.366 e. The van der Waals surface area contributed by atoms with Crippen molar-refractivity contribution in [3.05, 3.63) is 42.9 Å². The Morgan fingerprint density at radius 2 is 1.85 bits per heavy atom. The van der Waals surface area contributed by atoms with E-state index in [2.05, 4.69) is 44.2 Å². The molecule has 0 radical (unpaired) electrons. The summed E-state index contributed by atoms with van der Waals surface area (Å²) in [6, 6.07) is 10.4. The Balaban J connectivity index is 1.51. The Morgan fingerprint density at radius 1 is 1.08 bits per heavy atom. The van der Waals surface area contributed by atoms with Crippen LogP contribution in [0.2, 0.25) is 0 Å². The van der Waals surface area contributed by atoms with Crippen LogP contribution < -0.4 is 5.32 Å². The van der Waals surface area contributed by atoms with E-state index in [1.165, 1.54) is 0 Å². The van der Waals surface area contributed by atoms with Gasteiger partial charge in [0, 0.05) is 38.8 Å². The van der Waals surface area contributed by atoms with E-state index in [4.69, 9.17) is 0 Å². The van der Waals surface area contributed by atoms with Gasteiger partial charge in [0.05, 0.1) is 17.3 Å². The molecule has 0 spiro atoms. The van der Waals surface area contributed by atoms with Crippen LogP contribution >= 0.6 is 0 Å². The van der Waals surface area contributed by atoms with Gasteiger partial charge in [-0.15, -0.1) is 0 Å². The Morgan fingerprint density at radius 3 is 2.62 bits per heavy atom. The lowest BCUT2D eigenvalue weighted by molar-refractivity contribution is 0.151. The third-order valence-corrected chi connectivity index (χ3v) is 4.88. The number of anilines is 1. The SMILES string of the molecule is CC(CN1CCN(C)CC1)Nc1ncnc2c1cnn2-c1ccccc1. The Kier molecular flexibility index (Phi) is 4.81. The summed E-state index contributed by atoms with van der Waals surface area (Å²) < 4.78 is 1.85. The molecule has 1 fully saturated rings. The summed E-state index contributed by atoms with van der Waals surface area (Å²) in [6.45, 7) is 7.71. The zero-order valence-corrected chi connectivity index (χ0v) is 15.3. The lowest BCUT2D eigenvalue weighted by Gasteiger charge is -2.34. The Hall–Kier alpha value is -2.51. The molecule has 136 valence electrons. The first-order chi connectivity index (χ1) is 12.7. The summed E-state index contributed by atoms with van der Waals surface area (Å²) in [5.74, 6) is 0.846. The van der Waals surface area contributed by atoms with Crippen molar-refractivity contribution in [1.29, 1.82) is 0 Å². The van der Waals surface area contributed by atoms with Crippen molar-refractivity contribution in [2.24, 2.45) is 0 Å². The second kappa shape index (κ2) is 7.39. The number of nitrogens with zero attached hydrogens (tertiary/aromatic N) is 6. The standard InChI is InChI=1S/C19H25N7/c1-15(13-25-10-8-24(2)9-11-25)23-18-17-12-22-26(19(17)21-14-20-18)16-6-4-3-5-7-16/h3-7,12,14-15H,8-11,13H2,1-2H3,(H,20,21,23). The van der Waals surface area contributed by atoms with Gasteiger partial charge in [-0.05, 0) is 26.1 Å². The molecule has 3 aromatic rings. The van der Waals surface area contributed by atoms with Crippen molar-refractivity contribution in [3.63, 3.8) is 0 Å². The first kappa shape index (κ1) is 16.9. The van der Waals surface area contributed by atoms with Crippen molar-refractivity contribution < 1.29 is 0 Å². The summed E-state index contributed by atoms with van der Waals surface area (Å²) in [6.07, 6.45) is 3.45. The van der Waals surface area contributed by atoms with E-state index >= 15 is 0 Å². The van der Waals surface area contributed by atoms with Crippen LogP contribution in [0.25, 0.3) is 16.7 Å². The molecule has 4 rings (SSSR count). The third-order valence-electron chi connectivity index (χ3n) is 4.88. The van der Waals surface area contributed by atoms with Gasteiger partial charge in [-0.1, -0.05) is 18.2 Å². The van der Waals surface area contributed by atoms with Crippen molar-refractivity contribution in [2.75, 3.05) is 45.1 Å². The molecule has 7 heteroatoms. The highest BCUT2D eigenvalue weighted by Gasteiger charge is 2.17. The number of aromatic nitrogens is 4. The molecule has 1 unspecified atom stereocenters. The predicted molar refractivity (Wildman–Crippen MR) is 104 cm³/mol. The Bertz CT molecular complexity index is 853. The summed E-state index contributed by atoms with van der Waals surface area (Å²) in [5.41, 5.74) is 1.82. The van der Waals surface area contributed by atoms with E-state index in [9.17, 15) is 0 Å². The highest BCUT2D eigenvalue weighted by Crippen LogP contribution is 2.22. The topological polar surface area (TPSA) is 62.1 Å². The molecule has 0 saturated carbocycles. The second-order valence-corrected chi connectivity index (χ2v) is 7.00. The molecule has 26 heavy (non-hydrogen) atoms. The molecule has 1 aromatic carbocycles. The zero-order valence-electron chi connectivity index (χ0n) is 15.3. The van der Waals surface area contributed by atoms with Gasteiger partial charge < -0.3 is 10.2 Å². The van der Waals surface area contributed by atoms with Gasteiger partial charge in [-0.2, -0.15) is 5.10 Å². The van der Waals surface area contributed by atoms with Crippen LogP contribution in [0.5, 0.6) is 0 Å². The highest BCUT2D eigenvalue weighted by atomic mass is 15.3. The molecule has 3 heterocycles. The maximum atomic E-state index is 4.52. The molecule has 1 saturated heterocycles. The van der Waals surface area contributed by atoms with Crippen LogP contribution in [-0.4, -0.2) is 75.4 Å². The fourth-order valence-corrected chi connectivity index (χ4v) is 3.41. The number of rotatable bonds is 5. The molecule has 0 bridgehead atoms. The number of hydrogen-bond donors (Lipinski definition) is 1. The predicted octanol–water partition coefficient (Wildman–Crippen LogP) is 1.86. The van der Waals surface area contributed by atoms with Gasteiger partial charge in [-0.3, -0.25) is 4.90 Å². The third kappa shape index (κ3) is 3.54. The van der Waals surface area contributed by atoms with Gasteiger partial charge in [0.2, 0.25) is 0 Å². The van der Waals surface area contributed by atoms with Gasteiger partial charge in [0.25, 0.3) is 0 Å². The molecule has 0 amide bonds. The molecule has 2 aromatic heterocycles. The van der Waals surface area contributed by atoms with E-state index in [-0.39, 0.29) is 0 Å². The van der Waals surface area contributed by atoms with Gasteiger partial charge >= 0.3 is 0 Å². The average molecular weight is 351 g/mol. The first-order valence-electron chi connectivity index (χ1n) is 9.12. The molecule has 1 N–H and O–H groups in total. The van der Waals surface area contributed by atoms with Crippen molar-refractivity contribution >= 4 is 16.9 Å². The van der Waals surface area contributed by atoms with E-state index in [1.807, 2.05) is 41.2 Å². The maximum absolute atomic E-state index is 4.52. The summed E-state index contributed by atoms with van der Waals surface area (Å²) in [5, 5.41) is 9.01. The van der Waals surface area contributed by atoms with Crippen molar-refractivity contribution in [2.45, 2.75) is 13.0 Å². The van der Waals surface area contributed by atoms with Gasteiger partial charge in [0.15, 0.2) is 5.65 Å². The fraction of sp³-hybridized carbons (Fsp3) is 0.421. The van der Waals surface area contributed by atoms with E-state index in [0.717, 1.165) is 55.3 Å². The minimum atomic E-state index is 0.302. The first-order valence-corrected chi connectivity index (χ1v) is 9.12. The maximum Gasteiger partial charge on any atom is 0.168 e. The number of likely N-dealkylation sites (N-methyl/N-ethyl adjacent to an activating group) is 1. The quantitative estimate of drug-likeness (QED) is 0.757. The number of piperazine rings is 1. The fourth-order valence-electron chi connectivity index (χ4n) is 3.41. The lowest BCUT2D eigenvalue weighted by Crippen LogP contribution is -2.47. The number of fused-ring (bicyclic) bond motifs is 1. The van der Waals surface area contributed by atoms with Gasteiger partial charge in [-0.25, -0.2) is 14.6 Å². The largest absolute Gasteiger partial charge is 0.366 e. The van der Waals surface area contributed by atoms with Crippen LogP contribution in [0.15, 0.2) is 42.9 Å². The van der Waals surface area contributed by atoms with Crippen LogP contribution in [0, 0.1) is 0 Å². The molecule has 1 aliphatic heterocycles. The number of nitrogens with one attached hydrogen (secondary N) is 1. The monoisotopic (exact) mass is 351 g/mol. The molecular formula is C19H25N7. The molecule has 0 aliphatic carbocycles. The number of hydrogen-bond acceptors (Lipinski definition) is 6. The Labute approximate surface area is 153 Å². The normalized spacial score (nSPS) is 17.5. The second-order valence-electron chi connectivity index (χ2n) is 7.00. The molecule has 1 aliphatic rings. The number of benzene rings is 1. The van der Waals surface area contributed by atoms with Crippen molar-refractivity contribution in [3.8, 4) is 5.69 Å². The summed E-state index contributed by atoms with van der Waals surface area (Å²) >= 11 is 0. The zero-order chi connectivity index (χ0) is 17.9. The van der Waals surface area contributed by atoms with Crippen LogP contribution in [-0.2, 0) is 0 Å². The van der Waals surface area contributed by atoms with Crippen LogP contribution in [0.1, 0.15) is 6.92 Å². The van der Waals surface area contributed by atoms with Crippen molar-refractivity contribution in [1.82, 2.24) is 29.5 Å². The van der Waals surface area contributed by atoms with E-state index in [0.29, 0.717) is 6.04 Å². The smallest absolute Gasteiger partial charge is 0.168 e. The van der Waals surface area contributed by atoms with E-state index in [1.54, 1.807) is 6.33 Å². The van der Waals surface area contributed by atoms with Crippen LogP contribution in [0.3, 0.4) is 0 Å². The van der Waals surface area contributed by atoms with Crippen LogP contribution in [0.4, 0.5) is 5.82 Å². The molecule has 1 atom stereocenters. The summed E-state index contributed by atoms with van der Waals surface area (Å²) in [4.78, 5) is 13.8. The minimum absolute atomic E-state index is 0.302. The molecule has 7 nitrogen and oxygen atoms in total. The van der Waals surface area contributed by atoms with Gasteiger partial charge in [0.1, 0.15) is 12.1 Å².